The molecule has 23 heavy (non-hydrogen) atoms. The first-order valence-corrected chi connectivity index (χ1v) is 7.39. The Kier molecular flexibility index (Phi) is 4.44. The van der Waals surface area contributed by atoms with Gasteiger partial charge in [-0.1, -0.05) is 30.3 Å². The fourth-order valence-corrected chi connectivity index (χ4v) is 2.74. The third-order valence-corrected chi connectivity index (χ3v) is 3.92. The van der Waals surface area contributed by atoms with Crippen molar-refractivity contribution in [2.24, 2.45) is 0 Å². The lowest BCUT2D eigenvalue weighted by atomic mass is 9.98. The van der Waals surface area contributed by atoms with Gasteiger partial charge in [0.25, 0.3) is 0 Å². The number of benzene rings is 2. The topological polar surface area (TPSA) is 48.7 Å². The molecule has 0 spiro atoms. The van der Waals surface area contributed by atoms with Crippen molar-refractivity contribution in [3.8, 4) is 5.75 Å². The van der Waals surface area contributed by atoms with Crippen LogP contribution in [0.4, 0.5) is 0 Å². The van der Waals surface area contributed by atoms with Gasteiger partial charge in [-0.2, -0.15) is 0 Å². The number of hydrogen-bond acceptors (Lipinski definition) is 4. The van der Waals surface area contributed by atoms with Crippen molar-refractivity contribution < 1.29 is 18.7 Å². The Morgan fingerprint density at radius 1 is 1.09 bits per heavy atom. The van der Waals surface area contributed by atoms with E-state index in [9.17, 15) is 4.79 Å². The third kappa shape index (κ3) is 2.98. The normalized spacial score (nSPS) is 12.3. The van der Waals surface area contributed by atoms with Crippen LogP contribution in [0, 0.1) is 0 Å². The SMILES string of the molecule is COc1c(C(=O)C[C@H](OC)c2ccccc2)ccc2occc12. The first-order valence-electron chi connectivity index (χ1n) is 7.39. The van der Waals surface area contributed by atoms with Crippen molar-refractivity contribution in [1.82, 2.24) is 0 Å². The zero-order valence-corrected chi connectivity index (χ0v) is 13.1. The average Bonchev–Trinajstić information content (AvgIpc) is 3.08. The van der Waals surface area contributed by atoms with Gasteiger partial charge in [0.15, 0.2) is 5.78 Å². The lowest BCUT2D eigenvalue weighted by Crippen LogP contribution is -2.10. The smallest absolute Gasteiger partial charge is 0.169 e. The van der Waals surface area contributed by atoms with Crippen LogP contribution in [0.25, 0.3) is 11.0 Å². The lowest BCUT2D eigenvalue weighted by Gasteiger charge is -2.16. The van der Waals surface area contributed by atoms with Gasteiger partial charge in [-0.25, -0.2) is 0 Å². The molecule has 1 heterocycles. The van der Waals surface area contributed by atoms with Gasteiger partial charge in [0.2, 0.25) is 0 Å². The molecule has 0 saturated heterocycles. The number of methoxy groups -OCH3 is 2. The van der Waals surface area contributed by atoms with Crippen LogP contribution < -0.4 is 4.74 Å². The van der Waals surface area contributed by atoms with E-state index in [-0.39, 0.29) is 18.3 Å². The summed E-state index contributed by atoms with van der Waals surface area (Å²) in [7, 11) is 3.17. The molecule has 3 rings (SSSR count). The minimum atomic E-state index is -0.284. The van der Waals surface area contributed by atoms with Crippen LogP contribution in [0.2, 0.25) is 0 Å². The number of Topliss-reactive ketones (excluding diaryl/α,β-unsaturated/α-hetero) is 1. The summed E-state index contributed by atoms with van der Waals surface area (Å²) in [5.41, 5.74) is 2.22. The molecule has 0 bridgehead atoms. The Morgan fingerprint density at radius 3 is 2.57 bits per heavy atom. The first-order chi connectivity index (χ1) is 11.2. The number of furan rings is 1. The molecule has 0 aliphatic carbocycles. The fraction of sp³-hybridized carbons (Fsp3) is 0.211. The molecule has 0 unspecified atom stereocenters. The highest BCUT2D eigenvalue weighted by Gasteiger charge is 2.21. The molecule has 0 amide bonds. The number of ketones is 1. The van der Waals surface area contributed by atoms with Crippen molar-refractivity contribution in [1.29, 1.82) is 0 Å². The zero-order valence-electron chi connectivity index (χ0n) is 13.1. The summed E-state index contributed by atoms with van der Waals surface area (Å²) in [4.78, 5) is 12.7. The van der Waals surface area contributed by atoms with Gasteiger partial charge in [0.1, 0.15) is 11.3 Å². The second-order valence-corrected chi connectivity index (χ2v) is 5.24. The minimum absolute atomic E-state index is 0.0272. The lowest BCUT2D eigenvalue weighted by molar-refractivity contribution is 0.0728. The Bertz CT molecular complexity index is 805. The molecule has 3 aromatic rings. The largest absolute Gasteiger partial charge is 0.495 e. The number of ether oxygens (including phenoxy) is 2. The zero-order chi connectivity index (χ0) is 16.2. The van der Waals surface area contributed by atoms with Crippen molar-refractivity contribution in [3.05, 3.63) is 65.9 Å². The monoisotopic (exact) mass is 310 g/mol. The van der Waals surface area contributed by atoms with E-state index < -0.39 is 0 Å². The number of fused-ring (bicyclic) bond motifs is 1. The number of carbonyl (C=O) groups excluding carboxylic acids is 1. The quantitative estimate of drug-likeness (QED) is 0.633. The Morgan fingerprint density at radius 2 is 1.87 bits per heavy atom. The van der Waals surface area contributed by atoms with Gasteiger partial charge < -0.3 is 13.9 Å². The van der Waals surface area contributed by atoms with E-state index >= 15 is 0 Å². The summed E-state index contributed by atoms with van der Waals surface area (Å²) < 4.78 is 16.3. The molecule has 0 aliphatic rings. The second-order valence-electron chi connectivity index (χ2n) is 5.24. The van der Waals surface area contributed by atoms with Crippen molar-refractivity contribution in [2.45, 2.75) is 12.5 Å². The van der Waals surface area contributed by atoms with Gasteiger partial charge in [-0.05, 0) is 23.8 Å². The van der Waals surface area contributed by atoms with Crippen LogP contribution >= 0.6 is 0 Å². The van der Waals surface area contributed by atoms with Crippen molar-refractivity contribution in [3.63, 3.8) is 0 Å². The molecule has 2 aromatic carbocycles. The third-order valence-electron chi connectivity index (χ3n) is 3.92. The molecule has 0 aliphatic heterocycles. The van der Waals surface area contributed by atoms with E-state index in [0.717, 1.165) is 10.9 Å². The molecule has 0 fully saturated rings. The van der Waals surface area contributed by atoms with Crippen LogP contribution in [0.15, 0.2) is 59.2 Å². The molecule has 118 valence electrons. The van der Waals surface area contributed by atoms with Gasteiger partial charge in [-0.3, -0.25) is 4.79 Å². The Balaban J connectivity index is 1.91. The van der Waals surface area contributed by atoms with Gasteiger partial charge in [0, 0.05) is 13.5 Å². The van der Waals surface area contributed by atoms with E-state index in [1.165, 1.54) is 0 Å². The first kappa shape index (κ1) is 15.3. The summed E-state index contributed by atoms with van der Waals surface area (Å²) in [5.74, 6) is 0.518. The van der Waals surface area contributed by atoms with Crippen molar-refractivity contribution >= 4 is 16.8 Å². The van der Waals surface area contributed by atoms with Crippen LogP contribution in [0.3, 0.4) is 0 Å². The van der Waals surface area contributed by atoms with Crippen LogP contribution in [0.1, 0.15) is 28.4 Å². The van der Waals surface area contributed by atoms with E-state index in [1.807, 2.05) is 30.3 Å². The standard InChI is InChI=1S/C19H18O4/c1-21-18(13-6-4-3-5-7-13)12-16(20)14-8-9-17-15(10-11-23-17)19(14)22-2/h3-11,18H,12H2,1-2H3/t18-/m0/s1. The fourth-order valence-electron chi connectivity index (χ4n) is 2.74. The van der Waals surface area contributed by atoms with E-state index in [1.54, 1.807) is 38.7 Å². The predicted octanol–water partition coefficient (Wildman–Crippen LogP) is 4.40. The highest BCUT2D eigenvalue weighted by Crippen LogP contribution is 2.33. The highest BCUT2D eigenvalue weighted by atomic mass is 16.5. The maximum absolute atomic E-state index is 12.7. The Labute approximate surface area is 134 Å². The Hall–Kier alpha value is -2.59. The van der Waals surface area contributed by atoms with Gasteiger partial charge in [-0.15, -0.1) is 0 Å². The molecule has 0 saturated carbocycles. The summed E-state index contributed by atoms with van der Waals surface area (Å²) in [6.45, 7) is 0. The molecule has 4 nitrogen and oxygen atoms in total. The maximum Gasteiger partial charge on any atom is 0.169 e. The number of hydrogen-bond donors (Lipinski definition) is 0. The van der Waals surface area contributed by atoms with Gasteiger partial charge in [0.05, 0.1) is 30.4 Å². The summed E-state index contributed by atoms with van der Waals surface area (Å²) in [6.07, 6.45) is 1.55. The number of carbonyl (C=O) groups is 1. The van der Waals surface area contributed by atoms with Crippen LogP contribution in [-0.2, 0) is 4.74 Å². The summed E-state index contributed by atoms with van der Waals surface area (Å²) in [6, 6.07) is 15.0. The van der Waals surface area contributed by atoms with Crippen LogP contribution in [0.5, 0.6) is 5.75 Å². The molecular weight excluding hydrogens is 292 g/mol. The number of rotatable bonds is 6. The summed E-state index contributed by atoms with van der Waals surface area (Å²) in [5, 5.41) is 0.798. The summed E-state index contributed by atoms with van der Waals surface area (Å²) >= 11 is 0. The molecule has 1 atom stereocenters. The highest BCUT2D eigenvalue weighted by molar-refractivity contribution is 6.04. The van der Waals surface area contributed by atoms with E-state index in [4.69, 9.17) is 13.9 Å². The second kappa shape index (κ2) is 6.67. The molecule has 0 radical (unpaired) electrons. The van der Waals surface area contributed by atoms with Gasteiger partial charge >= 0.3 is 0 Å². The average molecular weight is 310 g/mol. The van der Waals surface area contributed by atoms with Crippen LogP contribution in [-0.4, -0.2) is 20.0 Å². The maximum atomic E-state index is 12.7. The molecule has 0 N–H and O–H groups in total. The van der Waals surface area contributed by atoms with E-state index in [2.05, 4.69) is 0 Å². The minimum Gasteiger partial charge on any atom is -0.495 e. The van der Waals surface area contributed by atoms with Crippen molar-refractivity contribution in [2.75, 3.05) is 14.2 Å². The molecular formula is C19H18O4. The molecule has 4 heteroatoms. The predicted molar refractivity (Wildman–Crippen MR) is 87.9 cm³/mol. The molecule has 1 aromatic heterocycles. The van der Waals surface area contributed by atoms with E-state index in [0.29, 0.717) is 16.9 Å².